The highest BCUT2D eigenvalue weighted by atomic mass is 35.5. The van der Waals surface area contributed by atoms with Crippen LogP contribution in [-0.2, 0) is 0 Å². The second-order valence-corrected chi connectivity index (χ2v) is 5.33. The lowest BCUT2D eigenvalue weighted by Gasteiger charge is -2.16. The first-order valence-electron chi connectivity index (χ1n) is 6.07. The van der Waals surface area contributed by atoms with Crippen molar-refractivity contribution in [2.45, 2.75) is 26.8 Å². The zero-order valence-electron chi connectivity index (χ0n) is 11.0. The fourth-order valence-electron chi connectivity index (χ4n) is 2.25. The number of hydrogen-bond donors (Lipinski definition) is 1. The third kappa shape index (κ3) is 2.74. The van der Waals surface area contributed by atoms with Crippen LogP contribution >= 0.6 is 11.6 Å². The van der Waals surface area contributed by atoms with Crippen LogP contribution in [0.1, 0.15) is 33.9 Å². The maximum absolute atomic E-state index is 6.32. The van der Waals surface area contributed by atoms with Gasteiger partial charge >= 0.3 is 0 Å². The highest BCUT2D eigenvalue weighted by Gasteiger charge is 2.13. The standard InChI is InChI=1S/C16H18ClN/c1-10-4-5-14(15(17)9-10)16(18)13-7-11(2)6-12(3)8-13/h4-9,16H,18H2,1-3H3. The predicted octanol–water partition coefficient (Wildman–Crippen LogP) is 4.31. The third-order valence-corrected chi connectivity index (χ3v) is 3.42. The molecule has 0 aromatic heterocycles. The van der Waals surface area contributed by atoms with Crippen LogP contribution in [0.25, 0.3) is 0 Å². The molecule has 18 heavy (non-hydrogen) atoms. The fraction of sp³-hybridized carbons (Fsp3) is 0.250. The molecule has 0 bridgehead atoms. The summed E-state index contributed by atoms with van der Waals surface area (Å²) in [4.78, 5) is 0. The van der Waals surface area contributed by atoms with Gasteiger partial charge in [0.25, 0.3) is 0 Å². The largest absolute Gasteiger partial charge is 0.320 e. The molecule has 2 aromatic rings. The van der Waals surface area contributed by atoms with Gasteiger partial charge in [0.1, 0.15) is 0 Å². The lowest BCUT2D eigenvalue weighted by Crippen LogP contribution is -2.13. The molecule has 2 aromatic carbocycles. The molecule has 1 unspecified atom stereocenters. The summed E-state index contributed by atoms with van der Waals surface area (Å²) >= 11 is 6.27. The Morgan fingerprint density at radius 3 is 2.06 bits per heavy atom. The van der Waals surface area contributed by atoms with Crippen LogP contribution in [0.15, 0.2) is 36.4 Å². The average Bonchev–Trinajstić information content (AvgIpc) is 2.26. The summed E-state index contributed by atoms with van der Waals surface area (Å²) in [6.07, 6.45) is 0. The monoisotopic (exact) mass is 259 g/mol. The van der Waals surface area contributed by atoms with Gasteiger partial charge in [-0.05, 0) is 43.5 Å². The molecule has 0 saturated carbocycles. The molecule has 2 heteroatoms. The van der Waals surface area contributed by atoms with E-state index < -0.39 is 0 Å². The molecule has 0 heterocycles. The van der Waals surface area contributed by atoms with Gasteiger partial charge in [0, 0.05) is 5.02 Å². The molecular weight excluding hydrogens is 242 g/mol. The third-order valence-electron chi connectivity index (χ3n) is 3.09. The molecule has 1 nitrogen and oxygen atoms in total. The number of hydrogen-bond acceptors (Lipinski definition) is 1. The molecule has 2 N–H and O–H groups in total. The zero-order valence-corrected chi connectivity index (χ0v) is 11.8. The summed E-state index contributed by atoms with van der Waals surface area (Å²) in [5.74, 6) is 0. The van der Waals surface area contributed by atoms with Crippen LogP contribution in [0, 0.1) is 20.8 Å². The van der Waals surface area contributed by atoms with Gasteiger partial charge in [-0.25, -0.2) is 0 Å². The summed E-state index contributed by atoms with van der Waals surface area (Å²) in [6.45, 7) is 6.19. The molecule has 0 aliphatic heterocycles. The Morgan fingerprint density at radius 1 is 0.889 bits per heavy atom. The van der Waals surface area contributed by atoms with Gasteiger partial charge in [-0.2, -0.15) is 0 Å². The minimum absolute atomic E-state index is 0.170. The fourth-order valence-corrected chi connectivity index (χ4v) is 2.61. The Morgan fingerprint density at radius 2 is 1.50 bits per heavy atom. The molecule has 1 atom stereocenters. The molecule has 0 spiro atoms. The van der Waals surface area contributed by atoms with Crippen molar-refractivity contribution in [1.82, 2.24) is 0 Å². The van der Waals surface area contributed by atoms with Crippen molar-refractivity contribution in [3.05, 3.63) is 69.2 Å². The van der Waals surface area contributed by atoms with E-state index in [9.17, 15) is 0 Å². The molecule has 2 rings (SSSR count). The lowest BCUT2D eigenvalue weighted by molar-refractivity contribution is 0.867. The second kappa shape index (κ2) is 5.13. The molecule has 0 aliphatic carbocycles. The molecule has 94 valence electrons. The zero-order chi connectivity index (χ0) is 13.3. The summed E-state index contributed by atoms with van der Waals surface area (Å²) in [5, 5.41) is 0.738. The Kier molecular flexibility index (Phi) is 3.74. The lowest BCUT2D eigenvalue weighted by atomic mass is 9.96. The smallest absolute Gasteiger partial charge is 0.0566 e. The van der Waals surface area contributed by atoms with Crippen molar-refractivity contribution < 1.29 is 0 Å². The minimum Gasteiger partial charge on any atom is -0.320 e. The van der Waals surface area contributed by atoms with E-state index in [0.29, 0.717) is 0 Å². The van der Waals surface area contributed by atoms with E-state index in [1.54, 1.807) is 0 Å². The van der Waals surface area contributed by atoms with E-state index in [2.05, 4.69) is 32.0 Å². The molecule has 0 fully saturated rings. The van der Waals surface area contributed by atoms with E-state index in [-0.39, 0.29) is 6.04 Å². The summed E-state index contributed by atoms with van der Waals surface area (Å²) in [5.41, 5.74) is 12.0. The molecular formula is C16H18ClN. The summed E-state index contributed by atoms with van der Waals surface area (Å²) in [6, 6.07) is 12.2. The molecule has 0 saturated heterocycles. The highest BCUT2D eigenvalue weighted by Crippen LogP contribution is 2.28. The number of aryl methyl sites for hydroxylation is 3. The maximum Gasteiger partial charge on any atom is 0.0566 e. The van der Waals surface area contributed by atoms with Gasteiger partial charge in [-0.1, -0.05) is 53.1 Å². The van der Waals surface area contributed by atoms with Gasteiger partial charge in [0.05, 0.1) is 6.04 Å². The van der Waals surface area contributed by atoms with Crippen molar-refractivity contribution in [3.63, 3.8) is 0 Å². The molecule has 0 aliphatic rings. The van der Waals surface area contributed by atoms with E-state index in [1.807, 2.05) is 25.1 Å². The Balaban J connectivity index is 2.44. The average molecular weight is 260 g/mol. The number of nitrogens with two attached hydrogens (primary N) is 1. The summed E-state index contributed by atoms with van der Waals surface area (Å²) in [7, 11) is 0. The maximum atomic E-state index is 6.32. The second-order valence-electron chi connectivity index (χ2n) is 4.92. The van der Waals surface area contributed by atoms with Gasteiger partial charge in [-0.15, -0.1) is 0 Å². The predicted molar refractivity (Wildman–Crippen MR) is 78.1 cm³/mol. The van der Waals surface area contributed by atoms with Crippen LogP contribution < -0.4 is 5.73 Å². The number of benzene rings is 2. The van der Waals surface area contributed by atoms with E-state index in [0.717, 1.165) is 21.7 Å². The molecule has 0 amide bonds. The van der Waals surface area contributed by atoms with E-state index in [1.165, 1.54) is 11.1 Å². The van der Waals surface area contributed by atoms with Crippen molar-refractivity contribution in [2.75, 3.05) is 0 Å². The Hall–Kier alpha value is -1.31. The first-order valence-corrected chi connectivity index (χ1v) is 6.45. The Bertz CT molecular complexity index is 555. The van der Waals surface area contributed by atoms with Crippen molar-refractivity contribution in [3.8, 4) is 0 Å². The van der Waals surface area contributed by atoms with Crippen LogP contribution in [0.3, 0.4) is 0 Å². The SMILES string of the molecule is Cc1cc(C)cc(C(N)c2ccc(C)cc2Cl)c1. The van der Waals surface area contributed by atoms with Gasteiger partial charge < -0.3 is 5.73 Å². The topological polar surface area (TPSA) is 26.0 Å². The van der Waals surface area contributed by atoms with Crippen molar-refractivity contribution in [2.24, 2.45) is 5.73 Å². The quantitative estimate of drug-likeness (QED) is 0.854. The van der Waals surface area contributed by atoms with Crippen LogP contribution in [0.5, 0.6) is 0 Å². The first-order chi connectivity index (χ1) is 8.47. The van der Waals surface area contributed by atoms with Crippen molar-refractivity contribution in [1.29, 1.82) is 0 Å². The summed E-state index contributed by atoms with van der Waals surface area (Å²) < 4.78 is 0. The minimum atomic E-state index is -0.170. The number of rotatable bonds is 2. The van der Waals surface area contributed by atoms with Crippen LogP contribution in [0.4, 0.5) is 0 Å². The first kappa shape index (κ1) is 13.1. The van der Waals surface area contributed by atoms with Gasteiger partial charge in [-0.3, -0.25) is 0 Å². The molecule has 0 radical (unpaired) electrons. The Labute approximate surface area is 114 Å². The highest BCUT2D eigenvalue weighted by molar-refractivity contribution is 6.31. The normalized spacial score (nSPS) is 12.5. The number of halogens is 1. The van der Waals surface area contributed by atoms with E-state index in [4.69, 9.17) is 17.3 Å². The van der Waals surface area contributed by atoms with Gasteiger partial charge in [0.2, 0.25) is 0 Å². The van der Waals surface area contributed by atoms with Crippen molar-refractivity contribution >= 4 is 11.6 Å². The van der Waals surface area contributed by atoms with Crippen LogP contribution in [0.2, 0.25) is 5.02 Å². The van der Waals surface area contributed by atoms with Gasteiger partial charge in [0.15, 0.2) is 0 Å². The van der Waals surface area contributed by atoms with Crippen LogP contribution in [-0.4, -0.2) is 0 Å². The van der Waals surface area contributed by atoms with E-state index >= 15 is 0 Å².